The highest BCUT2D eigenvalue weighted by Crippen LogP contribution is 2.18. The number of hydrogen-bond acceptors (Lipinski definition) is 3. The first-order valence-corrected chi connectivity index (χ1v) is 4.90. The van der Waals surface area contributed by atoms with Crippen molar-refractivity contribution in [3.05, 3.63) is 29.7 Å². The standard InChI is InChI=1S/C11H13N3O/c1-7-4-10(8(2)9(3)15)14-11(5-7)12-6-13-14/h4-6,8H,1-3H3. The number of fused-ring (bicyclic) bond motifs is 1. The van der Waals surface area contributed by atoms with Gasteiger partial charge in [0, 0.05) is 0 Å². The number of aryl methyl sites for hydroxylation is 1. The Morgan fingerprint density at radius 3 is 2.87 bits per heavy atom. The minimum atomic E-state index is -0.144. The minimum Gasteiger partial charge on any atom is -0.299 e. The third-order valence-electron chi connectivity index (χ3n) is 2.60. The molecule has 2 rings (SSSR count). The molecule has 78 valence electrons. The Bertz CT molecular complexity index is 516. The highest BCUT2D eigenvalue weighted by molar-refractivity contribution is 5.82. The van der Waals surface area contributed by atoms with Crippen LogP contribution < -0.4 is 0 Å². The molecule has 0 fully saturated rings. The SMILES string of the molecule is CC(=O)C(C)c1cc(C)cc2ncnn12. The maximum atomic E-state index is 11.4. The van der Waals surface area contributed by atoms with E-state index >= 15 is 0 Å². The fourth-order valence-electron chi connectivity index (χ4n) is 1.60. The van der Waals surface area contributed by atoms with Crippen molar-refractivity contribution in [1.82, 2.24) is 14.6 Å². The molecule has 0 aromatic carbocycles. The molecule has 1 unspecified atom stereocenters. The van der Waals surface area contributed by atoms with Crippen molar-refractivity contribution in [1.29, 1.82) is 0 Å². The van der Waals surface area contributed by atoms with Gasteiger partial charge in [-0.05, 0) is 38.5 Å². The van der Waals surface area contributed by atoms with E-state index in [0.717, 1.165) is 16.9 Å². The fraction of sp³-hybridized carbons (Fsp3) is 0.364. The number of hydrogen-bond donors (Lipinski definition) is 0. The van der Waals surface area contributed by atoms with Crippen molar-refractivity contribution < 1.29 is 4.79 Å². The van der Waals surface area contributed by atoms with E-state index in [1.54, 1.807) is 11.4 Å². The third-order valence-corrected chi connectivity index (χ3v) is 2.60. The first-order chi connectivity index (χ1) is 7.09. The van der Waals surface area contributed by atoms with Crippen LogP contribution in [0.3, 0.4) is 0 Å². The van der Waals surface area contributed by atoms with E-state index in [0.29, 0.717) is 0 Å². The number of aromatic nitrogens is 3. The summed E-state index contributed by atoms with van der Waals surface area (Å²) in [5.74, 6) is -0.00787. The fourth-order valence-corrected chi connectivity index (χ4v) is 1.60. The number of carbonyl (C=O) groups excluding carboxylic acids is 1. The second-order valence-electron chi connectivity index (χ2n) is 3.82. The normalized spacial score (nSPS) is 13.0. The van der Waals surface area contributed by atoms with E-state index in [1.165, 1.54) is 6.33 Å². The van der Waals surface area contributed by atoms with Gasteiger partial charge in [-0.2, -0.15) is 5.10 Å². The van der Waals surface area contributed by atoms with E-state index in [2.05, 4.69) is 10.1 Å². The second kappa shape index (κ2) is 3.46. The van der Waals surface area contributed by atoms with Crippen molar-refractivity contribution >= 4 is 11.4 Å². The lowest BCUT2D eigenvalue weighted by molar-refractivity contribution is -0.118. The van der Waals surface area contributed by atoms with Crippen LogP contribution in [0.25, 0.3) is 5.65 Å². The van der Waals surface area contributed by atoms with Crippen molar-refractivity contribution in [3.8, 4) is 0 Å². The molecule has 4 nitrogen and oxygen atoms in total. The van der Waals surface area contributed by atoms with Gasteiger partial charge in [0.1, 0.15) is 12.1 Å². The second-order valence-corrected chi connectivity index (χ2v) is 3.82. The maximum Gasteiger partial charge on any atom is 0.155 e. The van der Waals surface area contributed by atoms with Gasteiger partial charge in [0.05, 0.1) is 11.6 Å². The lowest BCUT2D eigenvalue weighted by Crippen LogP contribution is -2.10. The molecule has 2 heterocycles. The molecular weight excluding hydrogens is 190 g/mol. The molecule has 0 aliphatic carbocycles. The predicted molar refractivity (Wildman–Crippen MR) is 56.8 cm³/mol. The molecule has 0 spiro atoms. The Morgan fingerprint density at radius 1 is 1.47 bits per heavy atom. The summed E-state index contributed by atoms with van der Waals surface area (Å²) in [6.45, 7) is 5.47. The molecule has 15 heavy (non-hydrogen) atoms. The lowest BCUT2D eigenvalue weighted by Gasteiger charge is -2.10. The largest absolute Gasteiger partial charge is 0.299 e. The van der Waals surface area contributed by atoms with Gasteiger partial charge in [-0.3, -0.25) is 4.79 Å². The first-order valence-electron chi connectivity index (χ1n) is 4.90. The van der Waals surface area contributed by atoms with Gasteiger partial charge < -0.3 is 0 Å². The molecule has 2 aromatic rings. The Kier molecular flexibility index (Phi) is 2.26. The van der Waals surface area contributed by atoms with Crippen LogP contribution in [0.15, 0.2) is 18.5 Å². The van der Waals surface area contributed by atoms with Crippen LogP contribution in [0.4, 0.5) is 0 Å². The average molecular weight is 203 g/mol. The number of pyridine rings is 1. The molecule has 0 saturated heterocycles. The van der Waals surface area contributed by atoms with E-state index in [1.807, 2.05) is 26.0 Å². The Labute approximate surface area is 87.9 Å². The zero-order valence-electron chi connectivity index (χ0n) is 9.06. The molecule has 0 N–H and O–H groups in total. The molecule has 0 radical (unpaired) electrons. The van der Waals surface area contributed by atoms with Crippen LogP contribution in [0.2, 0.25) is 0 Å². The molecule has 4 heteroatoms. The van der Waals surface area contributed by atoms with Gasteiger partial charge in [0.2, 0.25) is 0 Å². The number of ketones is 1. The van der Waals surface area contributed by atoms with Crippen molar-refractivity contribution in [2.45, 2.75) is 26.7 Å². The number of carbonyl (C=O) groups is 1. The summed E-state index contributed by atoms with van der Waals surface area (Å²) in [6, 6.07) is 3.93. The van der Waals surface area contributed by atoms with Gasteiger partial charge in [0.15, 0.2) is 5.65 Å². The molecule has 1 atom stereocenters. The van der Waals surface area contributed by atoms with Crippen LogP contribution in [-0.2, 0) is 4.79 Å². The van der Waals surface area contributed by atoms with Crippen LogP contribution in [0, 0.1) is 6.92 Å². The summed E-state index contributed by atoms with van der Waals surface area (Å²) in [5.41, 5.74) is 2.78. The van der Waals surface area contributed by atoms with Crippen LogP contribution in [0.1, 0.15) is 31.0 Å². The van der Waals surface area contributed by atoms with Crippen molar-refractivity contribution in [2.24, 2.45) is 0 Å². The van der Waals surface area contributed by atoms with Crippen LogP contribution >= 0.6 is 0 Å². The summed E-state index contributed by atoms with van der Waals surface area (Å²) in [4.78, 5) is 15.5. The Hall–Kier alpha value is -1.71. The molecule has 0 aliphatic rings. The predicted octanol–water partition coefficient (Wildman–Crippen LogP) is 1.73. The molecule has 0 amide bonds. The van der Waals surface area contributed by atoms with Gasteiger partial charge >= 0.3 is 0 Å². The highest BCUT2D eigenvalue weighted by Gasteiger charge is 2.15. The average Bonchev–Trinajstić information content (AvgIpc) is 2.62. The number of Topliss-reactive ketones (excluding diaryl/α,β-unsaturated/α-hetero) is 1. The summed E-state index contributed by atoms with van der Waals surface area (Å²) >= 11 is 0. The van der Waals surface area contributed by atoms with E-state index in [9.17, 15) is 4.79 Å². The monoisotopic (exact) mass is 203 g/mol. The molecule has 0 bridgehead atoms. The quantitative estimate of drug-likeness (QED) is 0.746. The summed E-state index contributed by atoms with van der Waals surface area (Å²) < 4.78 is 1.72. The molecule has 0 saturated carbocycles. The van der Waals surface area contributed by atoms with Gasteiger partial charge in [-0.1, -0.05) is 0 Å². The van der Waals surface area contributed by atoms with E-state index in [-0.39, 0.29) is 11.7 Å². The summed E-state index contributed by atoms with van der Waals surface area (Å²) in [5, 5.41) is 4.12. The third kappa shape index (κ3) is 1.63. The van der Waals surface area contributed by atoms with E-state index < -0.39 is 0 Å². The smallest absolute Gasteiger partial charge is 0.155 e. The minimum absolute atomic E-state index is 0.136. The topological polar surface area (TPSA) is 47.3 Å². The van der Waals surface area contributed by atoms with Gasteiger partial charge in [-0.25, -0.2) is 9.50 Å². The maximum absolute atomic E-state index is 11.4. The van der Waals surface area contributed by atoms with Crippen molar-refractivity contribution in [3.63, 3.8) is 0 Å². The van der Waals surface area contributed by atoms with Crippen LogP contribution in [-0.4, -0.2) is 20.4 Å². The summed E-state index contributed by atoms with van der Waals surface area (Å²) in [6.07, 6.45) is 1.51. The zero-order chi connectivity index (χ0) is 11.0. The first kappa shape index (κ1) is 9.83. The highest BCUT2D eigenvalue weighted by atomic mass is 16.1. The molecule has 2 aromatic heterocycles. The zero-order valence-corrected chi connectivity index (χ0v) is 9.06. The van der Waals surface area contributed by atoms with E-state index in [4.69, 9.17) is 0 Å². The number of rotatable bonds is 2. The number of nitrogens with zero attached hydrogens (tertiary/aromatic N) is 3. The van der Waals surface area contributed by atoms with Gasteiger partial charge in [0.25, 0.3) is 0 Å². The Morgan fingerprint density at radius 2 is 2.20 bits per heavy atom. The van der Waals surface area contributed by atoms with Gasteiger partial charge in [-0.15, -0.1) is 0 Å². The van der Waals surface area contributed by atoms with Crippen molar-refractivity contribution in [2.75, 3.05) is 0 Å². The van der Waals surface area contributed by atoms with Crippen LogP contribution in [0.5, 0.6) is 0 Å². The summed E-state index contributed by atoms with van der Waals surface area (Å²) in [7, 11) is 0. The molecule has 0 aliphatic heterocycles. The Balaban J connectivity index is 2.67. The lowest BCUT2D eigenvalue weighted by atomic mass is 10.0. The molecular formula is C11H13N3O.